The molecule has 0 bridgehead atoms. The number of aromatic hydroxyl groups is 1. The van der Waals surface area contributed by atoms with Crippen molar-refractivity contribution in [1.82, 2.24) is 10.3 Å². The maximum absolute atomic E-state index is 11.7. The van der Waals surface area contributed by atoms with Crippen LogP contribution in [0.1, 0.15) is 23.7 Å². The Morgan fingerprint density at radius 1 is 1.69 bits per heavy atom. The van der Waals surface area contributed by atoms with Gasteiger partial charge in [0.25, 0.3) is 5.91 Å². The van der Waals surface area contributed by atoms with Gasteiger partial charge in [0, 0.05) is 26.0 Å². The van der Waals surface area contributed by atoms with Crippen molar-refractivity contribution in [3.63, 3.8) is 0 Å². The molecule has 0 aliphatic rings. The van der Waals surface area contributed by atoms with Gasteiger partial charge in [-0.25, -0.2) is 0 Å². The molecule has 5 heteroatoms. The van der Waals surface area contributed by atoms with E-state index in [9.17, 15) is 9.90 Å². The van der Waals surface area contributed by atoms with E-state index >= 15 is 0 Å². The van der Waals surface area contributed by atoms with Gasteiger partial charge in [-0.15, -0.1) is 0 Å². The molecule has 0 spiro atoms. The Labute approximate surface area is 94.5 Å². The van der Waals surface area contributed by atoms with E-state index in [1.807, 2.05) is 6.92 Å². The summed E-state index contributed by atoms with van der Waals surface area (Å²) in [6.07, 6.45) is 3.44. The first-order valence-corrected chi connectivity index (χ1v) is 5.08. The van der Waals surface area contributed by atoms with E-state index in [2.05, 4.69) is 10.3 Å². The fraction of sp³-hybridized carbons (Fsp3) is 0.455. The molecular weight excluding hydrogens is 208 g/mol. The van der Waals surface area contributed by atoms with Crippen LogP contribution in [0, 0.1) is 0 Å². The van der Waals surface area contributed by atoms with Crippen LogP contribution in [0.25, 0.3) is 0 Å². The van der Waals surface area contributed by atoms with Gasteiger partial charge in [-0.3, -0.25) is 9.78 Å². The van der Waals surface area contributed by atoms with E-state index in [-0.39, 0.29) is 23.3 Å². The molecule has 1 atom stereocenters. The van der Waals surface area contributed by atoms with Crippen molar-refractivity contribution >= 4 is 5.91 Å². The predicted molar refractivity (Wildman–Crippen MR) is 59.3 cm³/mol. The Kier molecular flexibility index (Phi) is 4.72. The number of amides is 1. The highest BCUT2D eigenvalue weighted by molar-refractivity contribution is 5.96. The highest BCUT2D eigenvalue weighted by Crippen LogP contribution is 2.13. The standard InChI is InChI=1S/C11H16N2O3/c1-8(4-6-16-2)13-11(15)9-3-5-12-7-10(9)14/h3,5,7-8,14H,4,6H2,1-2H3,(H,13,15). The summed E-state index contributed by atoms with van der Waals surface area (Å²) in [6.45, 7) is 2.47. The lowest BCUT2D eigenvalue weighted by Crippen LogP contribution is -2.33. The summed E-state index contributed by atoms with van der Waals surface area (Å²) in [5.74, 6) is -0.414. The number of aromatic nitrogens is 1. The lowest BCUT2D eigenvalue weighted by molar-refractivity contribution is 0.0927. The predicted octanol–water partition coefficient (Wildman–Crippen LogP) is 0.942. The molecule has 0 aliphatic heterocycles. The fourth-order valence-electron chi connectivity index (χ4n) is 1.25. The molecule has 1 rings (SSSR count). The minimum atomic E-state index is -0.302. The Bertz CT molecular complexity index is 355. The molecule has 88 valence electrons. The Morgan fingerprint density at radius 3 is 3.06 bits per heavy atom. The molecule has 0 aliphatic carbocycles. The Morgan fingerprint density at radius 2 is 2.44 bits per heavy atom. The monoisotopic (exact) mass is 224 g/mol. The number of methoxy groups -OCH3 is 1. The van der Waals surface area contributed by atoms with Gasteiger partial charge in [0.05, 0.1) is 11.8 Å². The van der Waals surface area contributed by atoms with E-state index in [0.717, 1.165) is 6.42 Å². The highest BCUT2D eigenvalue weighted by Gasteiger charge is 2.12. The van der Waals surface area contributed by atoms with Crippen molar-refractivity contribution in [3.05, 3.63) is 24.0 Å². The first kappa shape index (κ1) is 12.4. The molecule has 0 radical (unpaired) electrons. The van der Waals surface area contributed by atoms with Gasteiger partial charge in [-0.2, -0.15) is 0 Å². The molecule has 0 saturated heterocycles. The normalized spacial score (nSPS) is 12.1. The number of hydrogen-bond donors (Lipinski definition) is 2. The summed E-state index contributed by atoms with van der Waals surface area (Å²) in [5.41, 5.74) is 0.235. The summed E-state index contributed by atoms with van der Waals surface area (Å²) in [7, 11) is 1.61. The molecule has 1 aromatic heterocycles. The summed E-state index contributed by atoms with van der Waals surface area (Å²) in [4.78, 5) is 15.4. The lowest BCUT2D eigenvalue weighted by Gasteiger charge is -2.13. The number of carbonyl (C=O) groups is 1. The minimum absolute atomic E-state index is 0.0000142. The molecule has 0 aromatic carbocycles. The van der Waals surface area contributed by atoms with Gasteiger partial charge in [0.2, 0.25) is 0 Å². The van der Waals surface area contributed by atoms with Crippen LogP contribution in [0.3, 0.4) is 0 Å². The topological polar surface area (TPSA) is 71.5 Å². The zero-order valence-corrected chi connectivity index (χ0v) is 9.43. The van der Waals surface area contributed by atoms with Crippen LogP contribution in [0.15, 0.2) is 18.5 Å². The van der Waals surface area contributed by atoms with Crippen molar-refractivity contribution < 1.29 is 14.6 Å². The molecule has 5 nitrogen and oxygen atoms in total. The molecule has 2 N–H and O–H groups in total. The molecule has 1 aromatic rings. The first-order chi connectivity index (χ1) is 7.65. The van der Waals surface area contributed by atoms with Gasteiger partial charge in [-0.1, -0.05) is 0 Å². The van der Waals surface area contributed by atoms with Crippen molar-refractivity contribution in [2.45, 2.75) is 19.4 Å². The SMILES string of the molecule is COCCC(C)NC(=O)c1ccncc1O. The number of nitrogens with one attached hydrogen (secondary N) is 1. The smallest absolute Gasteiger partial charge is 0.255 e. The quantitative estimate of drug-likeness (QED) is 0.780. The van der Waals surface area contributed by atoms with Crippen LogP contribution in [0.5, 0.6) is 5.75 Å². The van der Waals surface area contributed by atoms with E-state index in [1.165, 1.54) is 18.5 Å². The van der Waals surface area contributed by atoms with Crippen LogP contribution in [0.4, 0.5) is 0 Å². The average Bonchev–Trinajstić information content (AvgIpc) is 2.26. The van der Waals surface area contributed by atoms with Crippen LogP contribution in [-0.2, 0) is 4.74 Å². The molecule has 1 heterocycles. The van der Waals surface area contributed by atoms with Gasteiger partial charge >= 0.3 is 0 Å². The average molecular weight is 224 g/mol. The van der Waals surface area contributed by atoms with Crippen molar-refractivity contribution in [3.8, 4) is 5.75 Å². The van der Waals surface area contributed by atoms with Crippen molar-refractivity contribution in [2.75, 3.05) is 13.7 Å². The lowest BCUT2D eigenvalue weighted by atomic mass is 10.2. The van der Waals surface area contributed by atoms with Crippen LogP contribution in [-0.4, -0.2) is 35.8 Å². The zero-order valence-electron chi connectivity index (χ0n) is 9.43. The molecule has 0 saturated carbocycles. The molecule has 1 unspecified atom stereocenters. The van der Waals surface area contributed by atoms with E-state index in [1.54, 1.807) is 7.11 Å². The van der Waals surface area contributed by atoms with Gasteiger partial charge in [0.1, 0.15) is 5.75 Å². The summed E-state index contributed by atoms with van der Waals surface area (Å²) >= 11 is 0. The number of ether oxygens (including phenoxy) is 1. The van der Waals surface area contributed by atoms with E-state index < -0.39 is 0 Å². The maximum Gasteiger partial charge on any atom is 0.255 e. The third-order valence-corrected chi connectivity index (χ3v) is 2.18. The van der Waals surface area contributed by atoms with E-state index in [0.29, 0.717) is 6.61 Å². The molecule has 16 heavy (non-hydrogen) atoms. The maximum atomic E-state index is 11.7. The Balaban J connectivity index is 2.56. The summed E-state index contributed by atoms with van der Waals surface area (Å²) < 4.78 is 4.91. The second-order valence-corrected chi connectivity index (χ2v) is 3.55. The minimum Gasteiger partial charge on any atom is -0.505 e. The number of pyridine rings is 1. The molecule has 0 fully saturated rings. The highest BCUT2D eigenvalue weighted by atomic mass is 16.5. The van der Waals surface area contributed by atoms with Gasteiger partial charge < -0.3 is 15.2 Å². The van der Waals surface area contributed by atoms with Crippen molar-refractivity contribution in [2.24, 2.45) is 0 Å². The van der Waals surface area contributed by atoms with Crippen LogP contribution in [0.2, 0.25) is 0 Å². The number of hydrogen-bond acceptors (Lipinski definition) is 4. The third kappa shape index (κ3) is 3.51. The number of carbonyl (C=O) groups excluding carboxylic acids is 1. The molecular formula is C11H16N2O3. The van der Waals surface area contributed by atoms with Crippen LogP contribution >= 0.6 is 0 Å². The summed E-state index contributed by atoms with van der Waals surface area (Å²) in [6, 6.07) is 1.48. The third-order valence-electron chi connectivity index (χ3n) is 2.18. The van der Waals surface area contributed by atoms with Gasteiger partial charge in [0.15, 0.2) is 0 Å². The van der Waals surface area contributed by atoms with E-state index in [4.69, 9.17) is 4.74 Å². The fourth-order valence-corrected chi connectivity index (χ4v) is 1.25. The number of rotatable bonds is 5. The first-order valence-electron chi connectivity index (χ1n) is 5.08. The molecule has 1 amide bonds. The van der Waals surface area contributed by atoms with Crippen LogP contribution < -0.4 is 5.32 Å². The largest absolute Gasteiger partial charge is 0.505 e. The second-order valence-electron chi connectivity index (χ2n) is 3.55. The van der Waals surface area contributed by atoms with Crippen molar-refractivity contribution in [1.29, 1.82) is 0 Å². The Hall–Kier alpha value is -1.62. The van der Waals surface area contributed by atoms with Gasteiger partial charge in [-0.05, 0) is 19.4 Å². The number of nitrogens with zero attached hydrogens (tertiary/aromatic N) is 1. The zero-order chi connectivity index (χ0) is 12.0. The summed E-state index contributed by atoms with van der Waals surface area (Å²) in [5, 5.41) is 12.2. The second kappa shape index (κ2) is 6.07.